The highest BCUT2D eigenvalue weighted by Gasteiger charge is 2.15. The Morgan fingerprint density at radius 1 is 1.06 bits per heavy atom. The molecule has 1 aliphatic heterocycles. The van der Waals surface area contributed by atoms with Crippen molar-refractivity contribution in [1.82, 2.24) is 0 Å². The molecule has 0 saturated heterocycles. The summed E-state index contributed by atoms with van der Waals surface area (Å²) in [4.78, 5) is 24.4. The number of rotatable bonds is 6. The van der Waals surface area contributed by atoms with Gasteiger partial charge in [-0.2, -0.15) is 5.26 Å². The largest absolute Gasteiger partial charge is 0.486 e. The first-order valence-electron chi connectivity index (χ1n) is 10.3. The van der Waals surface area contributed by atoms with Gasteiger partial charge in [0.1, 0.15) is 36.4 Å². The Balaban J connectivity index is 1.47. The van der Waals surface area contributed by atoms with E-state index in [2.05, 4.69) is 5.32 Å². The van der Waals surface area contributed by atoms with Crippen molar-refractivity contribution in [2.24, 2.45) is 0 Å². The predicted octanol–water partition coefficient (Wildman–Crippen LogP) is 4.44. The Bertz CT molecular complexity index is 1250. The van der Waals surface area contributed by atoms with Gasteiger partial charge in [0.05, 0.1) is 12.2 Å². The molecule has 1 amide bonds. The lowest BCUT2D eigenvalue weighted by molar-refractivity contribution is -0.112. The predicted molar refractivity (Wildman–Crippen MR) is 120 cm³/mol. The standard InChI is InChI=1S/C25H20N2O6/c1-2-30-25(29)17-5-3-16(4-6-17)21-10-8-20(33-21)13-18(15-26)24(28)27-19-7-9-22-23(14-19)32-12-11-31-22/h3-10,13-14H,2,11-12H2,1H3,(H,27,28). The number of esters is 1. The molecular weight excluding hydrogens is 424 g/mol. The Morgan fingerprint density at radius 3 is 2.55 bits per heavy atom. The number of nitrogens with zero attached hydrogens (tertiary/aromatic N) is 1. The summed E-state index contributed by atoms with van der Waals surface area (Å²) in [7, 11) is 0. The van der Waals surface area contributed by atoms with Crippen LogP contribution in [0.2, 0.25) is 0 Å². The van der Waals surface area contributed by atoms with E-state index in [0.29, 0.717) is 54.1 Å². The quantitative estimate of drug-likeness (QED) is 0.340. The number of nitriles is 1. The molecule has 0 unspecified atom stereocenters. The molecule has 2 heterocycles. The molecule has 1 aliphatic rings. The average Bonchev–Trinajstić information content (AvgIpc) is 3.31. The maximum absolute atomic E-state index is 12.6. The Morgan fingerprint density at radius 2 is 1.82 bits per heavy atom. The zero-order chi connectivity index (χ0) is 23.2. The van der Waals surface area contributed by atoms with Gasteiger partial charge in [-0.05, 0) is 43.3 Å². The van der Waals surface area contributed by atoms with Crippen molar-refractivity contribution >= 4 is 23.6 Å². The van der Waals surface area contributed by atoms with E-state index in [1.54, 1.807) is 61.5 Å². The Kier molecular flexibility index (Phi) is 6.41. The van der Waals surface area contributed by atoms with Crippen LogP contribution in [-0.2, 0) is 9.53 Å². The van der Waals surface area contributed by atoms with Crippen molar-refractivity contribution < 1.29 is 28.2 Å². The summed E-state index contributed by atoms with van der Waals surface area (Å²) in [5.41, 5.74) is 1.53. The molecule has 166 valence electrons. The van der Waals surface area contributed by atoms with Crippen LogP contribution in [0, 0.1) is 11.3 Å². The second kappa shape index (κ2) is 9.75. The van der Waals surface area contributed by atoms with Gasteiger partial charge < -0.3 is 23.9 Å². The van der Waals surface area contributed by atoms with Gasteiger partial charge in [-0.1, -0.05) is 12.1 Å². The zero-order valence-electron chi connectivity index (χ0n) is 17.8. The van der Waals surface area contributed by atoms with E-state index >= 15 is 0 Å². The van der Waals surface area contributed by atoms with Crippen LogP contribution in [0.15, 0.2) is 64.6 Å². The van der Waals surface area contributed by atoms with Gasteiger partial charge in [0.2, 0.25) is 0 Å². The van der Waals surface area contributed by atoms with Crippen LogP contribution < -0.4 is 14.8 Å². The zero-order valence-corrected chi connectivity index (χ0v) is 17.8. The minimum atomic E-state index is -0.578. The number of hydrogen-bond acceptors (Lipinski definition) is 7. The lowest BCUT2D eigenvalue weighted by Crippen LogP contribution is -2.17. The van der Waals surface area contributed by atoms with Crippen LogP contribution in [0.25, 0.3) is 17.4 Å². The number of furan rings is 1. The van der Waals surface area contributed by atoms with Crippen LogP contribution in [0.4, 0.5) is 5.69 Å². The second-order valence-corrected chi connectivity index (χ2v) is 6.98. The molecule has 0 fully saturated rings. The lowest BCUT2D eigenvalue weighted by atomic mass is 10.1. The van der Waals surface area contributed by atoms with Crippen LogP contribution in [0.1, 0.15) is 23.0 Å². The third kappa shape index (κ3) is 5.05. The lowest BCUT2D eigenvalue weighted by Gasteiger charge is -2.18. The van der Waals surface area contributed by atoms with Gasteiger partial charge in [0.15, 0.2) is 11.5 Å². The number of carbonyl (C=O) groups excluding carboxylic acids is 2. The van der Waals surface area contributed by atoms with Gasteiger partial charge in [-0.3, -0.25) is 4.79 Å². The molecule has 0 aliphatic carbocycles. The molecule has 0 bridgehead atoms. The van der Waals surface area contributed by atoms with E-state index in [0.717, 1.165) is 5.56 Å². The number of amides is 1. The number of hydrogen-bond donors (Lipinski definition) is 1. The molecular formula is C25H20N2O6. The molecule has 2 aromatic carbocycles. The number of carbonyl (C=O) groups is 2. The van der Waals surface area contributed by atoms with Crippen molar-refractivity contribution in [2.75, 3.05) is 25.1 Å². The first kappa shape index (κ1) is 21.7. The molecule has 33 heavy (non-hydrogen) atoms. The highest BCUT2D eigenvalue weighted by molar-refractivity contribution is 6.09. The first-order chi connectivity index (χ1) is 16.1. The molecule has 8 heteroatoms. The summed E-state index contributed by atoms with van der Waals surface area (Å²) in [6, 6.07) is 17.1. The number of nitrogens with one attached hydrogen (secondary N) is 1. The molecule has 8 nitrogen and oxygen atoms in total. The van der Waals surface area contributed by atoms with Crippen LogP contribution in [0.5, 0.6) is 11.5 Å². The van der Waals surface area contributed by atoms with Gasteiger partial charge in [0, 0.05) is 23.4 Å². The van der Waals surface area contributed by atoms with E-state index in [1.807, 2.05) is 6.07 Å². The van der Waals surface area contributed by atoms with Crippen molar-refractivity contribution in [3.8, 4) is 28.9 Å². The number of fused-ring (bicyclic) bond motifs is 1. The van der Waals surface area contributed by atoms with Crippen molar-refractivity contribution in [1.29, 1.82) is 5.26 Å². The minimum Gasteiger partial charge on any atom is -0.486 e. The molecule has 1 aromatic heterocycles. The summed E-state index contributed by atoms with van der Waals surface area (Å²) < 4.78 is 21.7. The monoisotopic (exact) mass is 444 g/mol. The molecule has 4 rings (SSSR count). The maximum Gasteiger partial charge on any atom is 0.338 e. The van der Waals surface area contributed by atoms with E-state index in [-0.39, 0.29) is 5.57 Å². The van der Waals surface area contributed by atoms with Crippen LogP contribution in [-0.4, -0.2) is 31.7 Å². The number of anilines is 1. The Hall–Kier alpha value is -4.51. The second-order valence-electron chi connectivity index (χ2n) is 6.98. The van der Waals surface area contributed by atoms with Gasteiger partial charge >= 0.3 is 5.97 Å². The fourth-order valence-corrected chi connectivity index (χ4v) is 3.18. The maximum atomic E-state index is 12.6. The van der Waals surface area contributed by atoms with Gasteiger partial charge in [-0.25, -0.2) is 4.79 Å². The summed E-state index contributed by atoms with van der Waals surface area (Å²) in [5.74, 6) is 1.04. The number of benzene rings is 2. The Labute approximate surface area is 190 Å². The SMILES string of the molecule is CCOC(=O)c1ccc(-c2ccc(C=C(C#N)C(=O)Nc3ccc4c(c3)OCCO4)o2)cc1. The molecule has 0 saturated carbocycles. The summed E-state index contributed by atoms with van der Waals surface area (Å²) in [6.07, 6.45) is 1.36. The van der Waals surface area contributed by atoms with E-state index in [9.17, 15) is 14.9 Å². The molecule has 0 radical (unpaired) electrons. The average molecular weight is 444 g/mol. The van der Waals surface area contributed by atoms with E-state index in [1.165, 1.54) is 6.08 Å². The van der Waals surface area contributed by atoms with Crippen molar-refractivity contribution in [2.45, 2.75) is 6.92 Å². The molecule has 0 spiro atoms. The van der Waals surface area contributed by atoms with Crippen LogP contribution in [0.3, 0.4) is 0 Å². The first-order valence-corrected chi connectivity index (χ1v) is 10.3. The molecule has 0 atom stereocenters. The topological polar surface area (TPSA) is 111 Å². The highest BCUT2D eigenvalue weighted by atomic mass is 16.6. The fraction of sp³-hybridized carbons (Fsp3) is 0.160. The third-order valence-corrected chi connectivity index (χ3v) is 4.76. The van der Waals surface area contributed by atoms with Gasteiger partial charge in [0.25, 0.3) is 5.91 Å². The molecule has 3 aromatic rings. The third-order valence-electron chi connectivity index (χ3n) is 4.76. The smallest absolute Gasteiger partial charge is 0.338 e. The summed E-state index contributed by atoms with van der Waals surface area (Å²) in [5, 5.41) is 12.1. The van der Waals surface area contributed by atoms with Gasteiger partial charge in [-0.15, -0.1) is 0 Å². The van der Waals surface area contributed by atoms with Crippen molar-refractivity contribution in [3.63, 3.8) is 0 Å². The molecule has 1 N–H and O–H groups in total. The summed E-state index contributed by atoms with van der Waals surface area (Å²) in [6.45, 7) is 2.95. The van der Waals surface area contributed by atoms with E-state index in [4.69, 9.17) is 18.6 Å². The minimum absolute atomic E-state index is 0.122. The highest BCUT2D eigenvalue weighted by Crippen LogP contribution is 2.32. The number of ether oxygens (including phenoxy) is 3. The normalized spacial score (nSPS) is 12.5. The van der Waals surface area contributed by atoms with Crippen molar-refractivity contribution in [3.05, 3.63) is 71.5 Å². The van der Waals surface area contributed by atoms with E-state index < -0.39 is 11.9 Å². The summed E-state index contributed by atoms with van der Waals surface area (Å²) >= 11 is 0. The fourth-order valence-electron chi connectivity index (χ4n) is 3.18. The van der Waals surface area contributed by atoms with Crippen LogP contribution >= 0.6 is 0 Å².